The van der Waals surface area contributed by atoms with Gasteiger partial charge in [-0.3, -0.25) is 0 Å². The second-order valence-electron chi connectivity index (χ2n) is 4.98. The lowest BCUT2D eigenvalue weighted by Crippen LogP contribution is -2.24. The minimum atomic E-state index is 0.498. The van der Waals surface area contributed by atoms with Crippen molar-refractivity contribution < 1.29 is 4.74 Å². The second kappa shape index (κ2) is 6.60. The van der Waals surface area contributed by atoms with E-state index in [0.29, 0.717) is 12.4 Å². The first kappa shape index (κ1) is 15.2. The number of aromatic nitrogens is 5. The van der Waals surface area contributed by atoms with E-state index in [4.69, 9.17) is 4.74 Å². The van der Waals surface area contributed by atoms with Gasteiger partial charge in [0.15, 0.2) is 0 Å². The molecular weight excluding hydrogens is 292 g/mol. The SMILES string of the molecule is CCOc1ccc(-c2cnn3c(N(CC)CC)nnc3n2)cc1. The molecular formula is C16H20N6O. The van der Waals surface area contributed by atoms with Crippen molar-refractivity contribution in [3.63, 3.8) is 0 Å². The van der Waals surface area contributed by atoms with Gasteiger partial charge in [-0.2, -0.15) is 9.61 Å². The lowest BCUT2D eigenvalue weighted by Gasteiger charge is -2.16. The number of hydrogen-bond donors (Lipinski definition) is 0. The van der Waals surface area contributed by atoms with Crippen molar-refractivity contribution in [2.45, 2.75) is 20.8 Å². The van der Waals surface area contributed by atoms with Crippen LogP contribution in [0.5, 0.6) is 5.75 Å². The Morgan fingerprint density at radius 2 is 1.78 bits per heavy atom. The Morgan fingerprint density at radius 1 is 1.04 bits per heavy atom. The van der Waals surface area contributed by atoms with Gasteiger partial charge >= 0.3 is 0 Å². The molecule has 0 bridgehead atoms. The monoisotopic (exact) mass is 312 g/mol. The van der Waals surface area contributed by atoms with Gasteiger partial charge in [-0.25, -0.2) is 4.98 Å². The molecule has 0 atom stereocenters. The molecule has 0 aliphatic heterocycles. The molecule has 3 aromatic rings. The molecule has 0 saturated heterocycles. The van der Waals surface area contributed by atoms with Gasteiger partial charge in [-0.05, 0) is 45.0 Å². The standard InChI is InChI=1S/C16H20N6O/c1-4-21(5-2)16-20-19-15-18-14(11-17-22(15)16)12-7-9-13(10-8-12)23-6-3/h7-11H,4-6H2,1-3H3. The predicted molar refractivity (Wildman–Crippen MR) is 88.7 cm³/mol. The third-order valence-corrected chi connectivity index (χ3v) is 3.63. The van der Waals surface area contributed by atoms with E-state index in [1.165, 1.54) is 0 Å². The molecule has 0 aliphatic carbocycles. The van der Waals surface area contributed by atoms with Gasteiger partial charge in [0, 0.05) is 18.7 Å². The number of fused-ring (bicyclic) bond motifs is 1. The Balaban J connectivity index is 1.94. The van der Waals surface area contributed by atoms with Gasteiger partial charge in [-0.1, -0.05) is 0 Å². The Bertz CT molecular complexity index is 779. The average molecular weight is 312 g/mol. The number of hydrogen-bond acceptors (Lipinski definition) is 6. The summed E-state index contributed by atoms with van der Waals surface area (Å²) in [6.45, 7) is 8.46. The maximum Gasteiger partial charge on any atom is 0.274 e. The number of benzene rings is 1. The molecule has 23 heavy (non-hydrogen) atoms. The molecule has 7 nitrogen and oxygen atoms in total. The lowest BCUT2D eigenvalue weighted by atomic mass is 10.1. The highest BCUT2D eigenvalue weighted by molar-refractivity contribution is 5.60. The molecule has 0 unspecified atom stereocenters. The van der Waals surface area contributed by atoms with E-state index in [1.807, 2.05) is 31.2 Å². The highest BCUT2D eigenvalue weighted by Crippen LogP contribution is 2.21. The van der Waals surface area contributed by atoms with Crippen LogP contribution in [-0.2, 0) is 0 Å². The summed E-state index contributed by atoms with van der Waals surface area (Å²) in [5, 5.41) is 12.8. The van der Waals surface area contributed by atoms with Crippen LogP contribution in [0.2, 0.25) is 0 Å². The predicted octanol–water partition coefficient (Wildman–Crippen LogP) is 2.43. The molecule has 120 valence electrons. The van der Waals surface area contributed by atoms with Crippen LogP contribution in [0, 0.1) is 0 Å². The van der Waals surface area contributed by atoms with Crippen LogP contribution in [-0.4, -0.2) is 44.5 Å². The van der Waals surface area contributed by atoms with E-state index < -0.39 is 0 Å². The molecule has 0 saturated carbocycles. The van der Waals surface area contributed by atoms with Gasteiger partial charge in [-0.15, -0.1) is 10.2 Å². The minimum Gasteiger partial charge on any atom is -0.494 e. The van der Waals surface area contributed by atoms with Crippen LogP contribution in [0.1, 0.15) is 20.8 Å². The molecule has 7 heteroatoms. The fraction of sp³-hybridized carbons (Fsp3) is 0.375. The topological polar surface area (TPSA) is 68.4 Å². The van der Waals surface area contributed by atoms with Crippen molar-refractivity contribution in [3.8, 4) is 17.0 Å². The van der Waals surface area contributed by atoms with E-state index in [1.54, 1.807) is 10.7 Å². The molecule has 0 radical (unpaired) electrons. The quantitative estimate of drug-likeness (QED) is 0.696. The van der Waals surface area contributed by atoms with E-state index in [2.05, 4.69) is 39.0 Å². The van der Waals surface area contributed by atoms with E-state index in [-0.39, 0.29) is 0 Å². The molecule has 0 spiro atoms. The zero-order valence-corrected chi connectivity index (χ0v) is 13.6. The summed E-state index contributed by atoms with van der Waals surface area (Å²) < 4.78 is 7.13. The Kier molecular flexibility index (Phi) is 4.36. The van der Waals surface area contributed by atoms with Crippen molar-refractivity contribution in [2.24, 2.45) is 0 Å². The van der Waals surface area contributed by atoms with E-state index >= 15 is 0 Å². The fourth-order valence-corrected chi connectivity index (χ4v) is 2.42. The highest BCUT2D eigenvalue weighted by atomic mass is 16.5. The first-order valence-electron chi connectivity index (χ1n) is 7.83. The van der Waals surface area contributed by atoms with Gasteiger partial charge in [0.25, 0.3) is 5.78 Å². The Hall–Kier alpha value is -2.70. The van der Waals surface area contributed by atoms with E-state index in [0.717, 1.165) is 36.0 Å². The molecule has 0 amide bonds. The summed E-state index contributed by atoms with van der Waals surface area (Å²) in [5.41, 5.74) is 1.73. The lowest BCUT2D eigenvalue weighted by molar-refractivity contribution is 0.340. The van der Waals surface area contributed by atoms with Crippen LogP contribution in [0.3, 0.4) is 0 Å². The van der Waals surface area contributed by atoms with Crippen molar-refractivity contribution in [1.29, 1.82) is 0 Å². The minimum absolute atomic E-state index is 0.498. The maximum absolute atomic E-state index is 5.45. The summed E-state index contributed by atoms with van der Waals surface area (Å²) in [7, 11) is 0. The van der Waals surface area contributed by atoms with Crippen molar-refractivity contribution in [1.82, 2.24) is 24.8 Å². The third kappa shape index (κ3) is 2.94. The number of nitrogens with zero attached hydrogens (tertiary/aromatic N) is 6. The molecule has 0 aliphatic rings. The van der Waals surface area contributed by atoms with Gasteiger partial charge in [0.1, 0.15) is 5.75 Å². The van der Waals surface area contributed by atoms with Crippen LogP contribution >= 0.6 is 0 Å². The first-order valence-corrected chi connectivity index (χ1v) is 7.83. The second-order valence-corrected chi connectivity index (χ2v) is 4.98. The van der Waals surface area contributed by atoms with Crippen LogP contribution in [0.4, 0.5) is 5.95 Å². The number of ether oxygens (including phenoxy) is 1. The van der Waals surface area contributed by atoms with Gasteiger partial charge < -0.3 is 9.64 Å². The molecule has 0 N–H and O–H groups in total. The summed E-state index contributed by atoms with van der Waals surface area (Å²) in [6, 6.07) is 7.78. The van der Waals surface area contributed by atoms with Crippen LogP contribution < -0.4 is 9.64 Å². The maximum atomic E-state index is 5.45. The smallest absolute Gasteiger partial charge is 0.274 e. The molecule has 2 aromatic heterocycles. The van der Waals surface area contributed by atoms with Crippen molar-refractivity contribution in [3.05, 3.63) is 30.5 Å². The van der Waals surface area contributed by atoms with Crippen LogP contribution in [0.15, 0.2) is 30.5 Å². The van der Waals surface area contributed by atoms with Gasteiger partial charge in [0.2, 0.25) is 5.95 Å². The molecule has 2 heterocycles. The third-order valence-electron chi connectivity index (χ3n) is 3.63. The number of rotatable bonds is 6. The molecule has 0 fully saturated rings. The Labute approximate surface area is 134 Å². The number of anilines is 1. The first-order chi connectivity index (χ1) is 11.3. The summed E-state index contributed by atoms with van der Waals surface area (Å²) in [4.78, 5) is 6.64. The van der Waals surface area contributed by atoms with Crippen molar-refractivity contribution in [2.75, 3.05) is 24.6 Å². The summed E-state index contributed by atoms with van der Waals surface area (Å²) in [6.07, 6.45) is 1.74. The van der Waals surface area contributed by atoms with Gasteiger partial charge in [0.05, 0.1) is 18.5 Å². The normalized spacial score (nSPS) is 10.9. The average Bonchev–Trinajstić information content (AvgIpc) is 3.00. The summed E-state index contributed by atoms with van der Waals surface area (Å²) in [5.74, 6) is 2.06. The van der Waals surface area contributed by atoms with Crippen LogP contribution in [0.25, 0.3) is 17.0 Å². The largest absolute Gasteiger partial charge is 0.494 e. The highest BCUT2D eigenvalue weighted by Gasteiger charge is 2.13. The summed E-state index contributed by atoms with van der Waals surface area (Å²) >= 11 is 0. The zero-order valence-electron chi connectivity index (χ0n) is 13.6. The fourth-order valence-electron chi connectivity index (χ4n) is 2.42. The zero-order chi connectivity index (χ0) is 16.2. The van der Waals surface area contributed by atoms with E-state index in [9.17, 15) is 0 Å². The molecule has 3 rings (SSSR count). The van der Waals surface area contributed by atoms with Crippen molar-refractivity contribution >= 4 is 11.7 Å². The molecule has 1 aromatic carbocycles. The Morgan fingerprint density at radius 3 is 2.43 bits per heavy atom.